The van der Waals surface area contributed by atoms with Crippen LogP contribution in [0.5, 0.6) is 0 Å². The van der Waals surface area contributed by atoms with Gasteiger partial charge in [-0.2, -0.15) is 5.10 Å². The third kappa shape index (κ3) is 4.09. The molecule has 144 valence electrons. The summed E-state index contributed by atoms with van der Waals surface area (Å²) in [7, 11) is 1.93. The summed E-state index contributed by atoms with van der Waals surface area (Å²) >= 11 is 0. The minimum absolute atomic E-state index is 0.0106. The second-order valence-corrected chi connectivity index (χ2v) is 7.40. The van der Waals surface area contributed by atoms with Gasteiger partial charge in [-0.25, -0.2) is 4.79 Å². The van der Waals surface area contributed by atoms with Gasteiger partial charge in [-0.15, -0.1) is 0 Å². The highest BCUT2D eigenvalue weighted by atomic mass is 16.2. The number of nitrogens with zero attached hydrogens (tertiary/aromatic N) is 3. The molecule has 1 aromatic heterocycles. The molecule has 1 unspecified atom stereocenters. The fourth-order valence-corrected chi connectivity index (χ4v) is 3.91. The summed E-state index contributed by atoms with van der Waals surface area (Å²) in [5.74, 6) is 0.161. The molecular formula is C23H26N4O. The zero-order valence-electron chi connectivity index (χ0n) is 16.2. The summed E-state index contributed by atoms with van der Waals surface area (Å²) in [5.41, 5.74) is 4.96. The predicted octanol–water partition coefficient (Wildman–Crippen LogP) is 3.71. The van der Waals surface area contributed by atoms with Gasteiger partial charge in [-0.05, 0) is 35.1 Å². The van der Waals surface area contributed by atoms with Crippen molar-refractivity contribution in [3.8, 4) is 0 Å². The summed E-state index contributed by atoms with van der Waals surface area (Å²) in [6.07, 6.45) is 5.86. The minimum atomic E-state index is 0.0106. The number of benzene rings is 2. The number of rotatable bonds is 5. The molecule has 1 N–H and O–H groups in total. The highest BCUT2D eigenvalue weighted by Gasteiger charge is 2.29. The molecule has 3 aromatic rings. The molecule has 0 aliphatic carbocycles. The first-order valence-corrected chi connectivity index (χ1v) is 9.84. The van der Waals surface area contributed by atoms with Gasteiger partial charge in [0.2, 0.25) is 0 Å². The Morgan fingerprint density at radius 1 is 1.14 bits per heavy atom. The molecule has 0 fully saturated rings. The predicted molar refractivity (Wildman–Crippen MR) is 110 cm³/mol. The van der Waals surface area contributed by atoms with Crippen molar-refractivity contribution in [2.24, 2.45) is 7.05 Å². The van der Waals surface area contributed by atoms with Crippen LogP contribution in [-0.4, -0.2) is 33.8 Å². The van der Waals surface area contributed by atoms with Gasteiger partial charge in [0.05, 0.1) is 6.20 Å². The Kier molecular flexibility index (Phi) is 5.42. The second-order valence-electron chi connectivity index (χ2n) is 7.40. The van der Waals surface area contributed by atoms with Crippen molar-refractivity contribution < 1.29 is 4.79 Å². The van der Waals surface area contributed by atoms with Crippen LogP contribution in [0, 0.1) is 0 Å². The van der Waals surface area contributed by atoms with E-state index in [1.165, 1.54) is 16.7 Å². The molecule has 4 rings (SSSR count). The highest BCUT2D eigenvalue weighted by Crippen LogP contribution is 2.33. The molecule has 1 aliphatic heterocycles. The van der Waals surface area contributed by atoms with Crippen molar-refractivity contribution >= 4 is 6.03 Å². The average Bonchev–Trinajstić information content (AvgIpc) is 3.17. The Labute approximate surface area is 166 Å². The van der Waals surface area contributed by atoms with Crippen molar-refractivity contribution in [3.63, 3.8) is 0 Å². The molecule has 0 spiro atoms. The van der Waals surface area contributed by atoms with Crippen molar-refractivity contribution in [2.75, 3.05) is 13.1 Å². The molecule has 0 radical (unpaired) electrons. The van der Waals surface area contributed by atoms with Gasteiger partial charge >= 0.3 is 6.03 Å². The first-order valence-electron chi connectivity index (χ1n) is 9.84. The van der Waals surface area contributed by atoms with Crippen LogP contribution in [-0.2, 0) is 20.0 Å². The number of aryl methyl sites for hydroxylation is 2. The van der Waals surface area contributed by atoms with Gasteiger partial charge in [0.15, 0.2) is 0 Å². The van der Waals surface area contributed by atoms with Crippen molar-refractivity contribution in [2.45, 2.75) is 25.3 Å². The summed E-state index contributed by atoms with van der Waals surface area (Å²) in [6.45, 7) is 2.01. The van der Waals surface area contributed by atoms with Crippen molar-refractivity contribution in [1.82, 2.24) is 20.0 Å². The first kappa shape index (κ1) is 18.3. The van der Waals surface area contributed by atoms with Crippen molar-refractivity contribution in [3.05, 3.63) is 89.2 Å². The number of carbonyl (C=O) groups excluding carboxylic acids is 1. The number of hydrogen-bond acceptors (Lipinski definition) is 2. The highest BCUT2D eigenvalue weighted by molar-refractivity contribution is 5.74. The number of carbonyl (C=O) groups is 1. The van der Waals surface area contributed by atoms with E-state index in [0.717, 1.165) is 18.4 Å². The average molecular weight is 374 g/mol. The molecule has 0 saturated heterocycles. The molecule has 0 bridgehead atoms. The van der Waals surface area contributed by atoms with E-state index in [9.17, 15) is 4.79 Å². The third-order valence-corrected chi connectivity index (χ3v) is 5.37. The van der Waals surface area contributed by atoms with Gasteiger partial charge in [-0.1, -0.05) is 54.6 Å². The fraction of sp³-hybridized carbons (Fsp3) is 0.304. The van der Waals surface area contributed by atoms with E-state index in [1.54, 1.807) is 0 Å². The lowest BCUT2D eigenvalue weighted by atomic mass is 9.86. The maximum atomic E-state index is 12.8. The summed E-state index contributed by atoms with van der Waals surface area (Å²) < 4.78 is 1.82. The van der Waals surface area contributed by atoms with E-state index in [-0.39, 0.29) is 11.9 Å². The maximum absolute atomic E-state index is 12.8. The molecule has 5 nitrogen and oxygen atoms in total. The Hall–Kier alpha value is -3.08. The quantitative estimate of drug-likeness (QED) is 0.692. The van der Waals surface area contributed by atoms with Crippen molar-refractivity contribution in [1.29, 1.82) is 0 Å². The van der Waals surface area contributed by atoms with Crippen LogP contribution in [0.25, 0.3) is 0 Å². The fourth-order valence-electron chi connectivity index (χ4n) is 3.91. The van der Waals surface area contributed by atoms with E-state index in [2.05, 4.69) is 52.9 Å². The zero-order valence-corrected chi connectivity index (χ0v) is 16.2. The largest absolute Gasteiger partial charge is 0.338 e. The number of aromatic nitrogens is 2. The van der Waals surface area contributed by atoms with Crippen LogP contribution in [0.15, 0.2) is 67.0 Å². The topological polar surface area (TPSA) is 50.2 Å². The monoisotopic (exact) mass is 374 g/mol. The number of urea groups is 1. The number of hydrogen-bond donors (Lipinski definition) is 1. The van der Waals surface area contributed by atoms with Crippen LogP contribution in [0.4, 0.5) is 4.79 Å². The lowest BCUT2D eigenvalue weighted by molar-refractivity contribution is 0.189. The molecule has 2 heterocycles. The second kappa shape index (κ2) is 8.30. The summed E-state index contributed by atoms with van der Waals surface area (Å²) in [4.78, 5) is 14.7. The van der Waals surface area contributed by atoms with E-state index in [0.29, 0.717) is 19.6 Å². The number of fused-ring (bicyclic) bond motifs is 1. The zero-order chi connectivity index (χ0) is 19.3. The van der Waals surface area contributed by atoms with Crippen LogP contribution >= 0.6 is 0 Å². The molecule has 28 heavy (non-hydrogen) atoms. The molecule has 0 saturated carbocycles. The standard InChI is InChI=1S/C23H26N4O/c1-26-15-20(14-25-26)22-17-27(16-19-11-5-6-12-21(19)22)23(28)24-13-7-10-18-8-3-2-4-9-18/h2-6,8-9,11-12,14-15,22H,7,10,13,16-17H2,1H3,(H,24,28). The molecule has 2 aromatic carbocycles. The molecule has 1 atom stereocenters. The van der Waals surface area contributed by atoms with Gasteiger partial charge in [0.1, 0.15) is 0 Å². The van der Waals surface area contributed by atoms with Gasteiger partial charge < -0.3 is 10.2 Å². The Bertz CT molecular complexity index is 935. The van der Waals surface area contributed by atoms with E-state index >= 15 is 0 Å². The summed E-state index contributed by atoms with van der Waals surface area (Å²) in [5, 5.41) is 7.42. The Morgan fingerprint density at radius 2 is 1.93 bits per heavy atom. The van der Waals surface area contributed by atoms with Gasteiger partial charge in [-0.3, -0.25) is 4.68 Å². The van der Waals surface area contributed by atoms with Crippen LogP contribution < -0.4 is 5.32 Å². The Morgan fingerprint density at radius 3 is 2.71 bits per heavy atom. The van der Waals surface area contributed by atoms with E-state index in [1.807, 2.05) is 41.2 Å². The smallest absolute Gasteiger partial charge is 0.317 e. The normalized spacial score (nSPS) is 15.9. The molecule has 1 aliphatic rings. The van der Waals surface area contributed by atoms with Gasteiger partial charge in [0.25, 0.3) is 0 Å². The van der Waals surface area contributed by atoms with Crippen LogP contribution in [0.2, 0.25) is 0 Å². The van der Waals surface area contributed by atoms with E-state index in [4.69, 9.17) is 0 Å². The third-order valence-electron chi connectivity index (χ3n) is 5.37. The molecule has 5 heteroatoms. The van der Waals surface area contributed by atoms with Crippen LogP contribution in [0.3, 0.4) is 0 Å². The Balaban J connectivity index is 1.40. The lowest BCUT2D eigenvalue weighted by Crippen LogP contribution is -2.44. The summed E-state index contributed by atoms with van der Waals surface area (Å²) in [6, 6.07) is 18.8. The number of amides is 2. The molecule has 2 amide bonds. The van der Waals surface area contributed by atoms with E-state index < -0.39 is 0 Å². The minimum Gasteiger partial charge on any atom is -0.338 e. The lowest BCUT2D eigenvalue weighted by Gasteiger charge is -2.34. The van der Waals surface area contributed by atoms with Gasteiger partial charge in [0, 0.05) is 38.8 Å². The first-order chi connectivity index (χ1) is 13.7. The van der Waals surface area contributed by atoms with Crippen LogP contribution in [0.1, 0.15) is 34.6 Å². The SMILES string of the molecule is Cn1cc(C2CN(C(=O)NCCCc3ccccc3)Cc3ccccc32)cn1. The number of nitrogens with one attached hydrogen (secondary N) is 1. The maximum Gasteiger partial charge on any atom is 0.317 e. The molecular weight excluding hydrogens is 348 g/mol.